The standard InChI is InChI=1S/C23H24N2O2S/c1-16-7-6-8-18(15-16)21(26)25-22(28)20(17-9-11-19(27-2)12-10-17)24-23(25)13-4-3-5-14-23/h6-12,15H,3-5,13-14H2,1-2H3. The van der Waals surface area contributed by atoms with Crippen LogP contribution in [0.1, 0.15) is 53.6 Å². The number of ether oxygens (including phenoxy) is 1. The third kappa shape index (κ3) is 3.24. The second-order valence-electron chi connectivity index (χ2n) is 7.55. The summed E-state index contributed by atoms with van der Waals surface area (Å²) in [5.74, 6) is 0.733. The zero-order valence-corrected chi connectivity index (χ0v) is 17.1. The fourth-order valence-electron chi connectivity index (χ4n) is 4.18. The molecule has 0 atom stereocenters. The van der Waals surface area contributed by atoms with Gasteiger partial charge in [0.05, 0.1) is 7.11 Å². The number of hydrogen-bond acceptors (Lipinski definition) is 4. The molecule has 1 heterocycles. The fraction of sp³-hybridized carbons (Fsp3) is 0.348. The van der Waals surface area contributed by atoms with Crippen molar-refractivity contribution in [3.63, 3.8) is 0 Å². The van der Waals surface area contributed by atoms with Gasteiger partial charge in [0.2, 0.25) is 0 Å². The molecule has 144 valence electrons. The third-order valence-electron chi connectivity index (χ3n) is 5.63. The first-order valence-corrected chi connectivity index (χ1v) is 10.1. The molecule has 0 radical (unpaired) electrons. The molecule has 0 bridgehead atoms. The van der Waals surface area contributed by atoms with Gasteiger partial charge in [-0.2, -0.15) is 0 Å². The van der Waals surface area contributed by atoms with Crippen LogP contribution in [0.25, 0.3) is 0 Å². The molecule has 2 aromatic rings. The van der Waals surface area contributed by atoms with E-state index >= 15 is 0 Å². The van der Waals surface area contributed by atoms with Crippen molar-refractivity contribution in [2.75, 3.05) is 7.11 Å². The molecule has 1 amide bonds. The third-order valence-corrected chi connectivity index (χ3v) is 6.00. The minimum absolute atomic E-state index is 0.0529. The number of amides is 1. The lowest BCUT2D eigenvalue weighted by molar-refractivity contribution is 0.0648. The summed E-state index contributed by atoms with van der Waals surface area (Å²) in [4.78, 5) is 20.9. The summed E-state index contributed by atoms with van der Waals surface area (Å²) in [6, 6.07) is 15.4. The summed E-state index contributed by atoms with van der Waals surface area (Å²) in [7, 11) is 1.64. The van der Waals surface area contributed by atoms with Crippen LogP contribution < -0.4 is 4.74 Å². The molecule has 2 aliphatic rings. The highest BCUT2D eigenvalue weighted by Crippen LogP contribution is 2.41. The summed E-state index contributed by atoms with van der Waals surface area (Å²) in [5.41, 5.74) is 2.84. The van der Waals surface area contributed by atoms with Crippen LogP contribution in [0.15, 0.2) is 53.5 Å². The largest absolute Gasteiger partial charge is 0.497 e. The van der Waals surface area contributed by atoms with E-state index < -0.39 is 5.66 Å². The highest BCUT2D eigenvalue weighted by Gasteiger charge is 2.48. The van der Waals surface area contributed by atoms with Crippen molar-refractivity contribution in [2.24, 2.45) is 4.99 Å². The first-order chi connectivity index (χ1) is 13.5. The summed E-state index contributed by atoms with van der Waals surface area (Å²) < 4.78 is 5.26. The molecule has 0 saturated heterocycles. The van der Waals surface area contributed by atoms with Crippen molar-refractivity contribution in [1.82, 2.24) is 4.90 Å². The molecule has 1 fully saturated rings. The fourth-order valence-corrected chi connectivity index (χ4v) is 4.60. The normalized spacial score (nSPS) is 18.3. The molecule has 4 rings (SSSR count). The molecule has 0 N–H and O–H groups in total. The van der Waals surface area contributed by atoms with E-state index in [-0.39, 0.29) is 5.91 Å². The van der Waals surface area contributed by atoms with E-state index in [2.05, 4.69) is 0 Å². The van der Waals surface area contributed by atoms with Gasteiger partial charge in [-0.1, -0.05) is 36.3 Å². The van der Waals surface area contributed by atoms with Crippen LogP contribution >= 0.6 is 12.2 Å². The van der Waals surface area contributed by atoms with Crippen molar-refractivity contribution in [3.8, 4) is 5.75 Å². The predicted octanol–water partition coefficient (Wildman–Crippen LogP) is 4.94. The molecule has 5 heteroatoms. The number of benzene rings is 2. The second-order valence-corrected chi connectivity index (χ2v) is 7.93. The molecule has 0 unspecified atom stereocenters. The van der Waals surface area contributed by atoms with Crippen molar-refractivity contribution in [3.05, 3.63) is 65.2 Å². The van der Waals surface area contributed by atoms with E-state index in [4.69, 9.17) is 21.9 Å². The lowest BCUT2D eigenvalue weighted by Crippen LogP contribution is -2.50. The SMILES string of the molecule is COc1ccc(C2=NC3(CCCCC3)N(C(=O)c3cccc(C)c3)C2=S)cc1. The molecule has 1 aliphatic heterocycles. The van der Waals surface area contributed by atoms with Crippen LogP contribution in [0.5, 0.6) is 5.75 Å². The first kappa shape index (κ1) is 18.8. The van der Waals surface area contributed by atoms with Gasteiger partial charge >= 0.3 is 0 Å². The van der Waals surface area contributed by atoms with Gasteiger partial charge < -0.3 is 4.74 Å². The maximum atomic E-state index is 13.5. The number of nitrogens with zero attached hydrogens (tertiary/aromatic N) is 2. The van der Waals surface area contributed by atoms with Gasteiger partial charge in [0.15, 0.2) is 0 Å². The van der Waals surface area contributed by atoms with Crippen LogP contribution in [0.2, 0.25) is 0 Å². The van der Waals surface area contributed by atoms with E-state index in [0.717, 1.165) is 48.3 Å². The second kappa shape index (κ2) is 7.47. The zero-order chi connectivity index (χ0) is 19.7. The highest BCUT2D eigenvalue weighted by atomic mass is 32.1. The lowest BCUT2D eigenvalue weighted by atomic mass is 9.88. The van der Waals surface area contributed by atoms with Crippen molar-refractivity contribution in [1.29, 1.82) is 0 Å². The topological polar surface area (TPSA) is 41.9 Å². The molecule has 2 aromatic carbocycles. The molecule has 0 aromatic heterocycles. The number of carbonyl (C=O) groups is 1. The molecule has 4 nitrogen and oxygen atoms in total. The van der Waals surface area contributed by atoms with Crippen LogP contribution in [-0.4, -0.2) is 34.3 Å². The number of aryl methyl sites for hydroxylation is 1. The minimum atomic E-state index is -0.550. The van der Waals surface area contributed by atoms with E-state index in [0.29, 0.717) is 10.6 Å². The van der Waals surface area contributed by atoms with Crippen molar-refractivity contribution in [2.45, 2.75) is 44.7 Å². The molecular formula is C23H24N2O2S. The Morgan fingerprint density at radius 3 is 2.46 bits per heavy atom. The Morgan fingerprint density at radius 1 is 1.11 bits per heavy atom. The van der Waals surface area contributed by atoms with E-state index in [9.17, 15) is 4.79 Å². The van der Waals surface area contributed by atoms with Gasteiger partial charge in [-0.15, -0.1) is 0 Å². The van der Waals surface area contributed by atoms with Gasteiger partial charge in [0.25, 0.3) is 5.91 Å². The molecule has 28 heavy (non-hydrogen) atoms. The van der Waals surface area contributed by atoms with Gasteiger partial charge in [-0.3, -0.25) is 14.7 Å². The number of rotatable bonds is 3. The van der Waals surface area contributed by atoms with Gasteiger partial charge in [-0.05, 0) is 69.0 Å². The minimum Gasteiger partial charge on any atom is -0.497 e. The number of carbonyl (C=O) groups excluding carboxylic acids is 1. The van der Waals surface area contributed by atoms with E-state index in [1.165, 1.54) is 6.42 Å². The smallest absolute Gasteiger partial charge is 0.260 e. The number of hydrogen-bond donors (Lipinski definition) is 0. The monoisotopic (exact) mass is 392 g/mol. The Hall–Kier alpha value is -2.53. The van der Waals surface area contributed by atoms with Gasteiger partial charge in [0, 0.05) is 11.1 Å². The van der Waals surface area contributed by atoms with Crippen molar-refractivity contribution >= 4 is 28.8 Å². The van der Waals surface area contributed by atoms with E-state index in [1.807, 2.05) is 55.5 Å². The van der Waals surface area contributed by atoms with Crippen LogP contribution in [0.4, 0.5) is 0 Å². The predicted molar refractivity (Wildman–Crippen MR) is 115 cm³/mol. The van der Waals surface area contributed by atoms with Crippen LogP contribution in [0.3, 0.4) is 0 Å². The van der Waals surface area contributed by atoms with Gasteiger partial charge in [0.1, 0.15) is 22.1 Å². The average Bonchev–Trinajstić information content (AvgIpc) is 2.99. The molecular weight excluding hydrogens is 368 g/mol. The quantitative estimate of drug-likeness (QED) is 0.695. The summed E-state index contributed by atoms with van der Waals surface area (Å²) in [5, 5.41) is 0. The summed E-state index contributed by atoms with van der Waals surface area (Å²) in [6.07, 6.45) is 4.99. The first-order valence-electron chi connectivity index (χ1n) is 9.74. The molecule has 1 spiro atoms. The van der Waals surface area contributed by atoms with Crippen LogP contribution in [-0.2, 0) is 0 Å². The van der Waals surface area contributed by atoms with Crippen molar-refractivity contribution < 1.29 is 9.53 Å². The highest BCUT2D eigenvalue weighted by molar-refractivity contribution is 7.82. The Labute approximate surface area is 171 Å². The summed E-state index contributed by atoms with van der Waals surface area (Å²) >= 11 is 5.81. The number of methoxy groups -OCH3 is 1. The lowest BCUT2D eigenvalue weighted by Gasteiger charge is -2.38. The number of aliphatic imine (C=N–C) groups is 1. The Balaban J connectivity index is 1.75. The zero-order valence-electron chi connectivity index (χ0n) is 16.3. The number of thiocarbonyl (C=S) groups is 1. The molecule has 1 saturated carbocycles. The average molecular weight is 393 g/mol. The van der Waals surface area contributed by atoms with Gasteiger partial charge in [-0.25, -0.2) is 0 Å². The Bertz CT molecular complexity index is 943. The van der Waals surface area contributed by atoms with Crippen LogP contribution in [0, 0.1) is 6.92 Å². The Morgan fingerprint density at radius 2 is 1.82 bits per heavy atom. The summed E-state index contributed by atoms with van der Waals surface area (Å²) in [6.45, 7) is 1.99. The Kier molecular flexibility index (Phi) is 5.02. The van der Waals surface area contributed by atoms with E-state index in [1.54, 1.807) is 12.0 Å². The maximum Gasteiger partial charge on any atom is 0.260 e. The maximum absolute atomic E-state index is 13.5. The molecule has 1 aliphatic carbocycles.